The summed E-state index contributed by atoms with van der Waals surface area (Å²) in [6.45, 7) is 2.57. The van der Waals surface area contributed by atoms with Gasteiger partial charge in [-0.05, 0) is 37.8 Å². The van der Waals surface area contributed by atoms with Crippen LogP contribution in [0.25, 0.3) is 0 Å². The molecule has 2 fully saturated rings. The minimum atomic E-state index is -0.216. The van der Waals surface area contributed by atoms with Gasteiger partial charge in [0.05, 0.1) is 6.20 Å². The number of nitrogens with zero attached hydrogens (tertiary/aromatic N) is 4. The molecule has 2 aromatic heterocycles. The lowest BCUT2D eigenvalue weighted by molar-refractivity contribution is 0.208. The van der Waals surface area contributed by atoms with Gasteiger partial charge in [0.2, 0.25) is 0 Å². The minimum Gasteiger partial charge on any atom is -0.367 e. The molecule has 0 amide bonds. The molecule has 1 N–H and O–H groups in total. The largest absolute Gasteiger partial charge is 0.367 e. The predicted octanol–water partition coefficient (Wildman–Crippen LogP) is 2.96. The fourth-order valence-corrected chi connectivity index (χ4v) is 3.21. The molecule has 1 aliphatic carbocycles. The average Bonchev–Trinajstić information content (AvgIpc) is 3.44. The van der Waals surface area contributed by atoms with Crippen molar-refractivity contribution in [3.63, 3.8) is 0 Å². The van der Waals surface area contributed by atoms with Crippen molar-refractivity contribution in [2.75, 3.05) is 18.4 Å². The van der Waals surface area contributed by atoms with Crippen molar-refractivity contribution in [1.29, 1.82) is 0 Å². The van der Waals surface area contributed by atoms with Crippen LogP contribution in [0.3, 0.4) is 0 Å². The van der Waals surface area contributed by atoms with Crippen molar-refractivity contribution in [2.45, 2.75) is 44.2 Å². The number of halogens is 1. The van der Waals surface area contributed by atoms with Crippen molar-refractivity contribution in [3.8, 4) is 0 Å². The quantitative estimate of drug-likeness (QED) is 0.915. The molecule has 3 heterocycles. The summed E-state index contributed by atoms with van der Waals surface area (Å²) in [5.41, 5.74) is 0.723. The molecule has 0 aromatic carbocycles. The number of aromatic nitrogens is 3. The number of anilines is 1. The molecule has 5 nitrogen and oxygen atoms in total. The highest BCUT2D eigenvalue weighted by atomic mass is 19.1. The summed E-state index contributed by atoms with van der Waals surface area (Å²) in [5, 5.41) is 3.54. The first-order valence-electron chi connectivity index (χ1n) is 8.68. The van der Waals surface area contributed by atoms with Crippen LogP contribution in [-0.4, -0.2) is 39.0 Å². The first-order valence-corrected chi connectivity index (χ1v) is 8.68. The molecule has 1 aliphatic heterocycles. The first kappa shape index (κ1) is 15.4. The number of rotatable bonds is 5. The standard InChI is InChI=1S/C18H22FN5/c19-16-11-20-7-3-14(16)12-24-9-5-15(6-10-24)22-17-4-8-21-18(23-17)13-1-2-13/h3-4,7-8,11,13,15H,1-2,5-6,9-10,12H2,(H,21,22,23). The van der Waals surface area contributed by atoms with Crippen LogP contribution in [0.15, 0.2) is 30.7 Å². The van der Waals surface area contributed by atoms with Gasteiger partial charge in [0.25, 0.3) is 0 Å². The third-order valence-corrected chi connectivity index (χ3v) is 4.81. The molecule has 0 atom stereocenters. The fourth-order valence-electron chi connectivity index (χ4n) is 3.21. The average molecular weight is 327 g/mol. The second kappa shape index (κ2) is 6.81. The predicted molar refractivity (Wildman–Crippen MR) is 90.1 cm³/mol. The van der Waals surface area contributed by atoms with Gasteiger partial charge in [-0.3, -0.25) is 9.88 Å². The number of likely N-dealkylation sites (tertiary alicyclic amines) is 1. The molecular formula is C18H22FN5. The Labute approximate surface area is 141 Å². The van der Waals surface area contributed by atoms with Crippen molar-refractivity contribution < 1.29 is 4.39 Å². The topological polar surface area (TPSA) is 53.9 Å². The van der Waals surface area contributed by atoms with E-state index in [9.17, 15) is 4.39 Å². The summed E-state index contributed by atoms with van der Waals surface area (Å²) in [7, 11) is 0. The number of nitrogens with one attached hydrogen (secondary N) is 1. The molecule has 6 heteroatoms. The molecule has 0 spiro atoms. The summed E-state index contributed by atoms with van der Waals surface area (Å²) in [6.07, 6.45) is 9.30. The Kier molecular flexibility index (Phi) is 4.38. The summed E-state index contributed by atoms with van der Waals surface area (Å²) < 4.78 is 13.7. The van der Waals surface area contributed by atoms with Crippen molar-refractivity contribution in [2.24, 2.45) is 0 Å². The molecule has 126 valence electrons. The highest BCUT2D eigenvalue weighted by Gasteiger charge is 2.27. The number of hydrogen-bond donors (Lipinski definition) is 1. The number of pyridine rings is 1. The van der Waals surface area contributed by atoms with E-state index in [-0.39, 0.29) is 5.82 Å². The van der Waals surface area contributed by atoms with Gasteiger partial charge < -0.3 is 5.32 Å². The zero-order chi connectivity index (χ0) is 16.4. The van der Waals surface area contributed by atoms with E-state index in [1.807, 2.05) is 12.3 Å². The zero-order valence-electron chi connectivity index (χ0n) is 13.7. The van der Waals surface area contributed by atoms with Crippen LogP contribution in [0, 0.1) is 5.82 Å². The highest BCUT2D eigenvalue weighted by molar-refractivity contribution is 5.35. The Hall–Kier alpha value is -2.08. The van der Waals surface area contributed by atoms with Crippen LogP contribution in [0.4, 0.5) is 10.2 Å². The van der Waals surface area contributed by atoms with Crippen molar-refractivity contribution in [3.05, 3.63) is 47.9 Å². The molecule has 2 aliphatic rings. The maximum absolute atomic E-state index is 13.7. The van der Waals surface area contributed by atoms with Crippen LogP contribution in [-0.2, 0) is 6.54 Å². The maximum atomic E-state index is 13.7. The summed E-state index contributed by atoms with van der Waals surface area (Å²) in [5.74, 6) is 2.27. The van der Waals surface area contributed by atoms with E-state index >= 15 is 0 Å². The SMILES string of the molecule is Fc1cnccc1CN1CCC(Nc2ccnc(C3CC3)n2)CC1. The Balaban J connectivity index is 1.30. The summed E-state index contributed by atoms with van der Waals surface area (Å²) in [6, 6.07) is 4.13. The second-order valence-electron chi connectivity index (χ2n) is 6.74. The molecule has 0 bridgehead atoms. The fraction of sp³-hybridized carbons (Fsp3) is 0.500. The first-order chi connectivity index (χ1) is 11.8. The van der Waals surface area contributed by atoms with Gasteiger partial charge in [0, 0.05) is 49.6 Å². The highest BCUT2D eigenvalue weighted by Crippen LogP contribution is 2.38. The van der Waals surface area contributed by atoms with Gasteiger partial charge in [0.15, 0.2) is 0 Å². The molecule has 0 unspecified atom stereocenters. The van der Waals surface area contributed by atoms with E-state index in [4.69, 9.17) is 0 Å². The van der Waals surface area contributed by atoms with Gasteiger partial charge >= 0.3 is 0 Å². The van der Waals surface area contributed by atoms with Crippen LogP contribution in [0.1, 0.15) is 43.0 Å². The van der Waals surface area contributed by atoms with Crippen molar-refractivity contribution in [1.82, 2.24) is 19.9 Å². The van der Waals surface area contributed by atoms with E-state index in [2.05, 4.69) is 25.2 Å². The molecule has 4 rings (SSSR count). The summed E-state index contributed by atoms with van der Waals surface area (Å²) in [4.78, 5) is 15.1. The Bertz CT molecular complexity index is 695. The molecular weight excluding hydrogens is 305 g/mol. The Morgan fingerprint density at radius 1 is 1.12 bits per heavy atom. The van der Waals surface area contributed by atoms with Gasteiger partial charge in [-0.1, -0.05) is 0 Å². The van der Waals surface area contributed by atoms with Gasteiger partial charge in [-0.15, -0.1) is 0 Å². The minimum absolute atomic E-state index is 0.216. The molecule has 0 radical (unpaired) electrons. The lowest BCUT2D eigenvalue weighted by atomic mass is 10.0. The van der Waals surface area contributed by atoms with E-state index < -0.39 is 0 Å². The molecule has 1 saturated carbocycles. The van der Waals surface area contributed by atoms with E-state index in [0.717, 1.165) is 43.1 Å². The summed E-state index contributed by atoms with van der Waals surface area (Å²) >= 11 is 0. The van der Waals surface area contributed by atoms with E-state index in [1.165, 1.54) is 19.0 Å². The lowest BCUT2D eigenvalue weighted by Gasteiger charge is -2.32. The lowest BCUT2D eigenvalue weighted by Crippen LogP contribution is -2.39. The van der Waals surface area contributed by atoms with E-state index in [1.54, 1.807) is 12.3 Å². The smallest absolute Gasteiger partial charge is 0.145 e. The Morgan fingerprint density at radius 3 is 2.71 bits per heavy atom. The number of piperidine rings is 1. The Morgan fingerprint density at radius 2 is 1.96 bits per heavy atom. The third-order valence-electron chi connectivity index (χ3n) is 4.81. The van der Waals surface area contributed by atoms with Crippen LogP contribution in [0.2, 0.25) is 0 Å². The monoisotopic (exact) mass is 327 g/mol. The van der Waals surface area contributed by atoms with Crippen LogP contribution >= 0.6 is 0 Å². The normalized spacial score (nSPS) is 19.4. The zero-order valence-corrected chi connectivity index (χ0v) is 13.7. The molecule has 1 saturated heterocycles. The van der Waals surface area contributed by atoms with Gasteiger partial charge in [-0.2, -0.15) is 0 Å². The van der Waals surface area contributed by atoms with Crippen LogP contribution in [0.5, 0.6) is 0 Å². The van der Waals surface area contributed by atoms with E-state index in [0.29, 0.717) is 18.5 Å². The van der Waals surface area contributed by atoms with Gasteiger partial charge in [-0.25, -0.2) is 14.4 Å². The molecule has 24 heavy (non-hydrogen) atoms. The van der Waals surface area contributed by atoms with Crippen LogP contribution < -0.4 is 5.32 Å². The number of hydrogen-bond acceptors (Lipinski definition) is 5. The third kappa shape index (κ3) is 3.70. The molecule has 2 aromatic rings. The van der Waals surface area contributed by atoms with Crippen molar-refractivity contribution >= 4 is 5.82 Å². The second-order valence-corrected chi connectivity index (χ2v) is 6.74. The maximum Gasteiger partial charge on any atom is 0.145 e. The van der Waals surface area contributed by atoms with Gasteiger partial charge in [0.1, 0.15) is 17.5 Å².